The van der Waals surface area contributed by atoms with E-state index in [9.17, 15) is 5.11 Å². The number of rotatable bonds is 1. The fraction of sp³-hybridized carbons (Fsp3) is 0.600. The lowest BCUT2D eigenvalue weighted by molar-refractivity contribution is 0.298. The molecular formula is C10H16N2O. The van der Waals surface area contributed by atoms with E-state index in [-0.39, 0.29) is 0 Å². The van der Waals surface area contributed by atoms with Crippen molar-refractivity contribution in [2.75, 3.05) is 26.2 Å². The van der Waals surface area contributed by atoms with Gasteiger partial charge in [-0.05, 0) is 12.5 Å². The van der Waals surface area contributed by atoms with Crippen molar-refractivity contribution < 1.29 is 5.11 Å². The number of hydrogen-bond acceptors (Lipinski definition) is 3. The smallest absolute Gasteiger partial charge is 0.0946 e. The summed E-state index contributed by atoms with van der Waals surface area (Å²) in [6.07, 6.45) is 5.89. The predicted molar refractivity (Wildman–Crippen MR) is 52.5 cm³/mol. The molecule has 0 aromatic rings. The van der Waals surface area contributed by atoms with Gasteiger partial charge in [-0.25, -0.2) is 0 Å². The highest BCUT2D eigenvalue weighted by molar-refractivity contribution is 5.24. The van der Waals surface area contributed by atoms with Crippen LogP contribution in [0, 0.1) is 0 Å². The van der Waals surface area contributed by atoms with Crippen LogP contribution in [-0.4, -0.2) is 36.2 Å². The van der Waals surface area contributed by atoms with Crippen LogP contribution in [-0.2, 0) is 0 Å². The molecule has 3 heteroatoms. The fourth-order valence-electron chi connectivity index (χ4n) is 1.81. The molecule has 0 aromatic carbocycles. The molecule has 0 amide bonds. The summed E-state index contributed by atoms with van der Waals surface area (Å²) in [4.78, 5) is 2.33. The number of hydrogen-bond donors (Lipinski definition) is 2. The van der Waals surface area contributed by atoms with Gasteiger partial charge in [-0.15, -0.1) is 0 Å². The van der Waals surface area contributed by atoms with Gasteiger partial charge in [0.25, 0.3) is 0 Å². The van der Waals surface area contributed by atoms with Crippen LogP contribution in [0.4, 0.5) is 0 Å². The first-order valence-electron chi connectivity index (χ1n) is 4.91. The molecule has 0 unspecified atom stereocenters. The van der Waals surface area contributed by atoms with Gasteiger partial charge in [0.05, 0.1) is 5.76 Å². The maximum absolute atomic E-state index is 9.39. The molecule has 2 rings (SSSR count). The summed E-state index contributed by atoms with van der Waals surface area (Å²) in [6.45, 7) is 4.20. The molecular weight excluding hydrogens is 164 g/mol. The van der Waals surface area contributed by atoms with Gasteiger partial charge in [-0.1, -0.05) is 6.08 Å². The Morgan fingerprint density at radius 2 is 2.08 bits per heavy atom. The van der Waals surface area contributed by atoms with Crippen molar-refractivity contribution in [3.8, 4) is 0 Å². The third kappa shape index (κ3) is 2.04. The maximum Gasteiger partial charge on any atom is 0.0946 e. The zero-order chi connectivity index (χ0) is 9.10. The molecule has 0 radical (unpaired) electrons. The van der Waals surface area contributed by atoms with Crippen LogP contribution < -0.4 is 5.32 Å². The zero-order valence-electron chi connectivity index (χ0n) is 7.79. The minimum atomic E-state index is 0.524. The highest BCUT2D eigenvalue weighted by atomic mass is 16.3. The molecule has 2 aliphatic rings. The molecule has 3 nitrogen and oxygen atoms in total. The van der Waals surface area contributed by atoms with E-state index >= 15 is 0 Å². The first-order chi connectivity index (χ1) is 6.36. The maximum atomic E-state index is 9.39. The molecule has 0 bridgehead atoms. The van der Waals surface area contributed by atoms with Gasteiger partial charge in [-0.2, -0.15) is 0 Å². The lowest BCUT2D eigenvalue weighted by Crippen LogP contribution is -2.42. The van der Waals surface area contributed by atoms with Crippen molar-refractivity contribution in [1.82, 2.24) is 10.2 Å². The van der Waals surface area contributed by atoms with E-state index in [1.54, 1.807) is 0 Å². The largest absolute Gasteiger partial charge is 0.512 e. The van der Waals surface area contributed by atoms with E-state index in [0.717, 1.165) is 39.0 Å². The lowest BCUT2D eigenvalue weighted by atomic mass is 10.1. The van der Waals surface area contributed by atoms with Crippen LogP contribution in [0.25, 0.3) is 0 Å². The van der Waals surface area contributed by atoms with E-state index in [4.69, 9.17) is 0 Å². The number of allylic oxidation sites excluding steroid dienone is 3. The minimum Gasteiger partial charge on any atom is -0.512 e. The van der Waals surface area contributed by atoms with Gasteiger partial charge in [0.15, 0.2) is 0 Å². The number of piperazine rings is 1. The first-order valence-corrected chi connectivity index (χ1v) is 4.91. The third-order valence-electron chi connectivity index (χ3n) is 2.55. The van der Waals surface area contributed by atoms with E-state index in [1.165, 1.54) is 5.70 Å². The Bertz CT molecular complexity index is 239. The van der Waals surface area contributed by atoms with Gasteiger partial charge < -0.3 is 15.3 Å². The molecule has 2 N–H and O–H groups in total. The predicted octanol–water partition coefficient (Wildman–Crippen LogP) is 1.01. The van der Waals surface area contributed by atoms with Gasteiger partial charge in [-0.3, -0.25) is 0 Å². The number of nitrogens with one attached hydrogen (secondary N) is 1. The van der Waals surface area contributed by atoms with Crippen LogP contribution >= 0.6 is 0 Å². The second-order valence-corrected chi connectivity index (χ2v) is 3.54. The van der Waals surface area contributed by atoms with Crippen LogP contribution in [0.1, 0.15) is 12.8 Å². The van der Waals surface area contributed by atoms with Crippen molar-refractivity contribution in [2.45, 2.75) is 12.8 Å². The summed E-state index contributed by atoms with van der Waals surface area (Å²) in [5.74, 6) is 0.524. The average Bonchev–Trinajstić information content (AvgIpc) is 2.19. The van der Waals surface area contributed by atoms with Gasteiger partial charge in [0, 0.05) is 38.3 Å². The van der Waals surface area contributed by atoms with Crippen molar-refractivity contribution >= 4 is 0 Å². The molecule has 72 valence electrons. The minimum absolute atomic E-state index is 0.524. The third-order valence-corrected chi connectivity index (χ3v) is 2.55. The van der Waals surface area contributed by atoms with Crippen LogP contribution in [0.5, 0.6) is 0 Å². The van der Waals surface area contributed by atoms with Crippen LogP contribution in [0.2, 0.25) is 0 Å². The molecule has 1 saturated heterocycles. The summed E-state index contributed by atoms with van der Waals surface area (Å²) < 4.78 is 0. The molecule has 1 heterocycles. The molecule has 1 aliphatic heterocycles. The van der Waals surface area contributed by atoms with Gasteiger partial charge in [0.1, 0.15) is 0 Å². The fourth-order valence-corrected chi connectivity index (χ4v) is 1.81. The molecule has 0 atom stereocenters. The molecule has 1 aliphatic carbocycles. The van der Waals surface area contributed by atoms with Gasteiger partial charge in [0.2, 0.25) is 0 Å². The van der Waals surface area contributed by atoms with Crippen LogP contribution in [0.3, 0.4) is 0 Å². The second kappa shape index (κ2) is 3.83. The molecule has 13 heavy (non-hydrogen) atoms. The van der Waals surface area contributed by atoms with Crippen molar-refractivity contribution in [2.24, 2.45) is 0 Å². The highest BCUT2D eigenvalue weighted by Gasteiger charge is 2.13. The summed E-state index contributed by atoms with van der Waals surface area (Å²) >= 11 is 0. The zero-order valence-corrected chi connectivity index (χ0v) is 7.79. The number of nitrogens with zero attached hydrogens (tertiary/aromatic N) is 1. The second-order valence-electron chi connectivity index (χ2n) is 3.54. The Balaban J connectivity index is 2.02. The van der Waals surface area contributed by atoms with Crippen molar-refractivity contribution in [3.63, 3.8) is 0 Å². The summed E-state index contributed by atoms with van der Waals surface area (Å²) in [5, 5.41) is 12.7. The SMILES string of the molecule is OC1=CC(N2CCNCC2)=CCC1. The van der Waals surface area contributed by atoms with Gasteiger partial charge >= 0.3 is 0 Å². The topological polar surface area (TPSA) is 35.5 Å². The Morgan fingerprint density at radius 1 is 1.31 bits per heavy atom. The number of aliphatic hydroxyl groups is 1. The summed E-state index contributed by atoms with van der Waals surface area (Å²) in [7, 11) is 0. The van der Waals surface area contributed by atoms with E-state index < -0.39 is 0 Å². The Kier molecular flexibility index (Phi) is 2.54. The number of aliphatic hydroxyl groups excluding tert-OH is 1. The van der Waals surface area contributed by atoms with E-state index in [1.807, 2.05) is 6.08 Å². The Hall–Kier alpha value is -0.960. The first kappa shape index (κ1) is 8.63. The summed E-state index contributed by atoms with van der Waals surface area (Å²) in [5.41, 5.74) is 1.20. The Labute approximate surface area is 78.7 Å². The standard InChI is InChI=1S/C10H16N2O/c13-10-3-1-2-9(8-10)12-6-4-11-5-7-12/h2,8,11,13H,1,3-7H2. The van der Waals surface area contributed by atoms with E-state index in [2.05, 4.69) is 16.3 Å². The lowest BCUT2D eigenvalue weighted by Gasteiger charge is -2.31. The quantitative estimate of drug-likeness (QED) is 0.632. The average molecular weight is 180 g/mol. The monoisotopic (exact) mass is 180 g/mol. The molecule has 0 aromatic heterocycles. The highest BCUT2D eigenvalue weighted by Crippen LogP contribution is 2.18. The normalized spacial score (nSPS) is 23.8. The molecule has 0 saturated carbocycles. The molecule has 1 fully saturated rings. The Morgan fingerprint density at radius 3 is 2.77 bits per heavy atom. The summed E-state index contributed by atoms with van der Waals surface area (Å²) in [6, 6.07) is 0. The molecule has 0 spiro atoms. The van der Waals surface area contributed by atoms with Crippen LogP contribution in [0.15, 0.2) is 23.6 Å². The van der Waals surface area contributed by atoms with Crippen molar-refractivity contribution in [3.05, 3.63) is 23.6 Å². The van der Waals surface area contributed by atoms with Crippen molar-refractivity contribution in [1.29, 1.82) is 0 Å². The van der Waals surface area contributed by atoms with E-state index in [0.29, 0.717) is 5.76 Å².